The molecule has 1 aliphatic rings. The van der Waals surface area contributed by atoms with Crippen molar-refractivity contribution < 1.29 is 18.9 Å². The van der Waals surface area contributed by atoms with Crippen LogP contribution in [-0.2, 0) is 6.54 Å². The maximum Gasteiger partial charge on any atom is 0.267 e. The average molecular weight is 490 g/mol. The van der Waals surface area contributed by atoms with Crippen molar-refractivity contribution in [2.45, 2.75) is 11.4 Å². The molecule has 1 aliphatic heterocycles. The minimum absolute atomic E-state index is 0.0447. The first-order chi connectivity index (χ1) is 16.9. The fraction of sp³-hybridized carbons (Fsp3) is 0.0833. The lowest BCUT2D eigenvalue weighted by Gasteiger charge is -2.34. The van der Waals surface area contributed by atoms with Gasteiger partial charge in [0.05, 0.1) is 11.9 Å². The van der Waals surface area contributed by atoms with Crippen molar-refractivity contribution >= 4 is 33.3 Å². The Morgan fingerprint density at radius 3 is 2.66 bits per heavy atom. The van der Waals surface area contributed by atoms with Gasteiger partial charge in [0.25, 0.3) is 5.56 Å². The van der Waals surface area contributed by atoms with Gasteiger partial charge in [-0.2, -0.15) is 5.26 Å². The van der Waals surface area contributed by atoms with Gasteiger partial charge in [-0.1, -0.05) is 47.2 Å². The number of aromatic hydroxyl groups is 1. The van der Waals surface area contributed by atoms with Crippen LogP contribution in [0, 0.1) is 11.3 Å². The maximum absolute atomic E-state index is 13.7. The van der Waals surface area contributed by atoms with Crippen molar-refractivity contribution in [3.63, 3.8) is 0 Å². The molecule has 10 nitrogen and oxygen atoms in total. The fourth-order valence-corrected chi connectivity index (χ4v) is 5.09. The van der Waals surface area contributed by atoms with Gasteiger partial charge in [0.2, 0.25) is 0 Å². The molecule has 5 rings (SSSR count). The highest BCUT2D eigenvalue weighted by Crippen LogP contribution is 2.57. The molecule has 2 aromatic heterocycles. The first kappa shape index (κ1) is 22.4. The number of pyridine rings is 2. The van der Waals surface area contributed by atoms with E-state index in [1.807, 2.05) is 36.4 Å². The molecule has 0 unspecified atom stereocenters. The van der Waals surface area contributed by atoms with Gasteiger partial charge in [0, 0.05) is 6.20 Å². The predicted molar refractivity (Wildman–Crippen MR) is 132 cm³/mol. The van der Waals surface area contributed by atoms with Gasteiger partial charge in [-0.15, -0.1) is 4.40 Å². The summed E-state index contributed by atoms with van der Waals surface area (Å²) in [7, 11) is -3.76. The number of aromatic nitrogens is 2. The molecule has 11 heteroatoms. The summed E-state index contributed by atoms with van der Waals surface area (Å²) in [6.45, 7) is -0.113. The van der Waals surface area contributed by atoms with Gasteiger partial charge < -0.3 is 15.2 Å². The number of amidine groups is 1. The number of fused-ring (bicyclic) bond motifs is 2. The zero-order chi connectivity index (χ0) is 24.6. The number of benzene rings is 2. The van der Waals surface area contributed by atoms with Crippen molar-refractivity contribution in [1.29, 1.82) is 5.26 Å². The second-order valence-corrected chi connectivity index (χ2v) is 9.29. The molecule has 0 saturated carbocycles. The number of nitrogens with one attached hydrogen (secondary N) is 1. The van der Waals surface area contributed by atoms with Crippen LogP contribution in [0.1, 0.15) is 11.1 Å². The predicted octanol–water partition coefficient (Wildman–Crippen LogP) is 3.95. The van der Waals surface area contributed by atoms with Crippen molar-refractivity contribution in [3.8, 4) is 17.6 Å². The standard InChI is InChI=1S/C24H19N5O5S/c25-11-13-34-17-9-4-10-18-20(17)27-22(28-35(18,32)33)19-21(30)16-8-5-12-26-23(16)29(24(19)31)14-15-6-2-1-3-7-15/h1-10,12,30,32-33H,13-14H2,(H,27,28). The van der Waals surface area contributed by atoms with Crippen LogP contribution in [-0.4, -0.2) is 36.2 Å². The summed E-state index contributed by atoms with van der Waals surface area (Å²) in [5.41, 5.74) is 0.370. The van der Waals surface area contributed by atoms with Gasteiger partial charge in [-0.3, -0.25) is 18.5 Å². The quantitative estimate of drug-likeness (QED) is 0.329. The first-order valence-corrected chi connectivity index (χ1v) is 11.9. The largest absolute Gasteiger partial charge is 0.506 e. The van der Waals surface area contributed by atoms with E-state index in [0.717, 1.165) is 5.56 Å². The fourth-order valence-electron chi connectivity index (χ4n) is 3.91. The Kier molecular flexibility index (Phi) is 5.62. The Labute approximate surface area is 200 Å². The Hall–Kier alpha value is -4.37. The van der Waals surface area contributed by atoms with Crippen molar-refractivity contribution in [2.75, 3.05) is 11.9 Å². The number of hydrogen-bond donors (Lipinski definition) is 4. The molecule has 176 valence electrons. The number of rotatable bonds is 5. The van der Waals surface area contributed by atoms with Crippen LogP contribution in [0.3, 0.4) is 0 Å². The third kappa shape index (κ3) is 3.95. The van der Waals surface area contributed by atoms with E-state index in [0.29, 0.717) is 5.39 Å². The van der Waals surface area contributed by atoms with Crippen LogP contribution in [0.4, 0.5) is 5.69 Å². The molecule has 0 saturated heterocycles. The molecule has 0 fully saturated rings. The monoisotopic (exact) mass is 489 g/mol. The van der Waals surface area contributed by atoms with Gasteiger partial charge in [0.15, 0.2) is 12.4 Å². The van der Waals surface area contributed by atoms with Gasteiger partial charge in [0.1, 0.15) is 39.4 Å². The molecule has 0 radical (unpaired) electrons. The number of anilines is 1. The molecule has 0 spiro atoms. The Morgan fingerprint density at radius 2 is 1.89 bits per heavy atom. The highest BCUT2D eigenvalue weighted by atomic mass is 32.3. The van der Waals surface area contributed by atoms with Crippen LogP contribution in [0.15, 0.2) is 80.9 Å². The smallest absolute Gasteiger partial charge is 0.267 e. The van der Waals surface area contributed by atoms with E-state index in [1.165, 1.54) is 22.9 Å². The zero-order valence-corrected chi connectivity index (χ0v) is 18.9. The van der Waals surface area contributed by atoms with Crippen molar-refractivity contribution in [1.82, 2.24) is 9.55 Å². The molecule has 4 N–H and O–H groups in total. The SMILES string of the molecule is N#CCOc1cccc2c1NC(c1c(O)c3cccnc3n(Cc3ccccc3)c1=O)=NS2(O)O. The third-order valence-corrected chi connectivity index (χ3v) is 6.82. The van der Waals surface area contributed by atoms with E-state index in [-0.39, 0.29) is 46.5 Å². The minimum Gasteiger partial charge on any atom is -0.506 e. The molecule has 0 aliphatic carbocycles. The normalized spacial score (nSPS) is 14.8. The second-order valence-electron chi connectivity index (χ2n) is 7.63. The van der Waals surface area contributed by atoms with Crippen LogP contribution in [0.25, 0.3) is 11.0 Å². The van der Waals surface area contributed by atoms with Crippen molar-refractivity contribution in [3.05, 3.63) is 88.3 Å². The molecule has 2 aromatic carbocycles. The molecule has 0 bridgehead atoms. The minimum atomic E-state index is -3.76. The summed E-state index contributed by atoms with van der Waals surface area (Å²) in [5.74, 6) is -0.466. The number of para-hydroxylation sites is 1. The molecule has 35 heavy (non-hydrogen) atoms. The third-order valence-electron chi connectivity index (χ3n) is 5.45. The summed E-state index contributed by atoms with van der Waals surface area (Å²) in [6, 6.07) is 18.9. The van der Waals surface area contributed by atoms with Gasteiger partial charge >= 0.3 is 0 Å². The first-order valence-electron chi connectivity index (χ1n) is 10.4. The molecule has 3 heterocycles. The number of nitriles is 1. The van der Waals surface area contributed by atoms with Crippen LogP contribution >= 0.6 is 10.8 Å². The summed E-state index contributed by atoms with van der Waals surface area (Å²) >= 11 is 0. The van der Waals surface area contributed by atoms with Crippen LogP contribution < -0.4 is 15.6 Å². The Bertz CT molecular complexity index is 1580. The molecular formula is C24H19N5O5S. The number of nitrogens with zero attached hydrogens (tertiary/aromatic N) is 4. The lowest BCUT2D eigenvalue weighted by Crippen LogP contribution is -2.33. The summed E-state index contributed by atoms with van der Waals surface area (Å²) in [6.07, 6.45) is 1.52. The summed E-state index contributed by atoms with van der Waals surface area (Å²) in [5, 5.41) is 23.2. The summed E-state index contributed by atoms with van der Waals surface area (Å²) in [4.78, 5) is 18.0. The Morgan fingerprint density at radius 1 is 1.09 bits per heavy atom. The van der Waals surface area contributed by atoms with E-state index in [4.69, 9.17) is 10.00 Å². The lowest BCUT2D eigenvalue weighted by molar-refractivity contribution is 0.368. The van der Waals surface area contributed by atoms with E-state index in [1.54, 1.807) is 18.2 Å². The van der Waals surface area contributed by atoms with Crippen LogP contribution in [0.5, 0.6) is 11.5 Å². The average Bonchev–Trinajstić information content (AvgIpc) is 2.86. The van der Waals surface area contributed by atoms with E-state index >= 15 is 0 Å². The second kappa shape index (κ2) is 8.77. The van der Waals surface area contributed by atoms with Gasteiger partial charge in [-0.05, 0) is 29.8 Å². The van der Waals surface area contributed by atoms with Crippen LogP contribution in [0.2, 0.25) is 0 Å². The van der Waals surface area contributed by atoms with E-state index in [9.17, 15) is 19.0 Å². The topological polar surface area (TPSA) is 153 Å². The molecule has 0 amide bonds. The van der Waals surface area contributed by atoms with Gasteiger partial charge in [-0.25, -0.2) is 4.98 Å². The number of ether oxygens (including phenoxy) is 1. The highest BCUT2D eigenvalue weighted by Gasteiger charge is 2.32. The molecule has 0 atom stereocenters. The van der Waals surface area contributed by atoms with E-state index in [2.05, 4.69) is 14.7 Å². The molecule has 4 aromatic rings. The van der Waals surface area contributed by atoms with E-state index < -0.39 is 22.1 Å². The zero-order valence-electron chi connectivity index (χ0n) is 18.1. The lowest BCUT2D eigenvalue weighted by atomic mass is 10.1. The van der Waals surface area contributed by atoms with Crippen molar-refractivity contribution in [2.24, 2.45) is 4.40 Å². The maximum atomic E-state index is 13.7. The number of hydrogen-bond acceptors (Lipinski definition) is 9. The Balaban J connectivity index is 1.72. The molecular weight excluding hydrogens is 470 g/mol. The highest BCUT2D eigenvalue weighted by molar-refractivity contribution is 8.23. The summed E-state index contributed by atoms with van der Waals surface area (Å²) < 4.78 is 32.4.